The molecule has 2 heterocycles. The van der Waals surface area contributed by atoms with E-state index in [4.69, 9.17) is 0 Å². The number of rotatable bonds is 3. The van der Waals surface area contributed by atoms with Crippen LogP contribution in [0, 0.1) is 0 Å². The van der Waals surface area contributed by atoms with Crippen molar-refractivity contribution in [3.05, 3.63) is 64.7 Å². The lowest BCUT2D eigenvalue weighted by atomic mass is 9.81. The molecule has 2 aliphatic rings. The van der Waals surface area contributed by atoms with Gasteiger partial charge in [-0.3, -0.25) is 9.59 Å². The predicted molar refractivity (Wildman–Crippen MR) is 117 cm³/mol. The molecule has 1 aromatic heterocycles. The second-order valence-corrected chi connectivity index (χ2v) is 8.40. The van der Waals surface area contributed by atoms with Crippen LogP contribution in [0.5, 0.6) is 0 Å². The van der Waals surface area contributed by atoms with E-state index in [0.717, 1.165) is 28.5 Å². The molecule has 2 aromatic carbocycles. The Balaban J connectivity index is 1.87. The number of nitrogens with zero attached hydrogens (tertiary/aromatic N) is 1. The average Bonchev–Trinajstić information content (AvgIpc) is 2.97. The SMILES string of the molecule is CC(=O)c1ccc2c(C3CCCCC3)c3n(c2c1)CC(C=O)=Cc1ccccc1-3. The first-order valence-electron chi connectivity index (χ1n) is 10.6. The van der Waals surface area contributed by atoms with Gasteiger partial charge in [0.15, 0.2) is 5.78 Å². The van der Waals surface area contributed by atoms with Crippen molar-refractivity contribution in [3.8, 4) is 11.3 Å². The zero-order chi connectivity index (χ0) is 20.0. The van der Waals surface area contributed by atoms with Crippen LogP contribution in [0.1, 0.15) is 66.4 Å². The van der Waals surface area contributed by atoms with Gasteiger partial charge in [-0.15, -0.1) is 0 Å². The maximum Gasteiger partial charge on any atom is 0.159 e. The van der Waals surface area contributed by atoms with Crippen LogP contribution in [-0.4, -0.2) is 16.6 Å². The van der Waals surface area contributed by atoms with Crippen LogP contribution in [0.2, 0.25) is 0 Å². The molecule has 3 nitrogen and oxygen atoms in total. The molecule has 1 fully saturated rings. The number of allylic oxidation sites excluding steroid dienone is 1. The van der Waals surface area contributed by atoms with Gasteiger partial charge in [-0.05, 0) is 49.0 Å². The number of aldehydes is 1. The van der Waals surface area contributed by atoms with Gasteiger partial charge >= 0.3 is 0 Å². The second kappa shape index (κ2) is 7.14. The number of hydrogen-bond donors (Lipinski definition) is 0. The molecule has 29 heavy (non-hydrogen) atoms. The largest absolute Gasteiger partial charge is 0.336 e. The van der Waals surface area contributed by atoms with Gasteiger partial charge in [0.2, 0.25) is 0 Å². The molecule has 5 rings (SSSR count). The van der Waals surface area contributed by atoms with E-state index in [2.05, 4.69) is 28.8 Å². The summed E-state index contributed by atoms with van der Waals surface area (Å²) >= 11 is 0. The monoisotopic (exact) mass is 383 g/mol. The number of hydrogen-bond acceptors (Lipinski definition) is 2. The Hall–Kier alpha value is -2.94. The van der Waals surface area contributed by atoms with Gasteiger partial charge in [0, 0.05) is 27.6 Å². The summed E-state index contributed by atoms with van der Waals surface area (Å²) in [6, 6.07) is 14.5. The van der Waals surface area contributed by atoms with E-state index in [0.29, 0.717) is 12.5 Å². The molecule has 1 saturated carbocycles. The zero-order valence-electron chi connectivity index (χ0n) is 16.8. The second-order valence-electron chi connectivity index (χ2n) is 8.40. The third-order valence-electron chi connectivity index (χ3n) is 6.57. The van der Waals surface area contributed by atoms with E-state index >= 15 is 0 Å². The quantitative estimate of drug-likeness (QED) is 0.402. The number of benzene rings is 2. The van der Waals surface area contributed by atoms with Crippen molar-refractivity contribution < 1.29 is 9.59 Å². The molecule has 1 aliphatic heterocycles. The van der Waals surface area contributed by atoms with Crippen LogP contribution in [0.15, 0.2) is 48.0 Å². The van der Waals surface area contributed by atoms with Crippen molar-refractivity contribution in [2.24, 2.45) is 0 Å². The average molecular weight is 383 g/mol. The lowest BCUT2D eigenvalue weighted by molar-refractivity contribution is -0.105. The minimum Gasteiger partial charge on any atom is -0.336 e. The van der Waals surface area contributed by atoms with Crippen LogP contribution in [-0.2, 0) is 11.3 Å². The predicted octanol–water partition coefficient (Wildman–Crippen LogP) is 6.15. The smallest absolute Gasteiger partial charge is 0.159 e. The van der Waals surface area contributed by atoms with E-state index in [9.17, 15) is 9.59 Å². The van der Waals surface area contributed by atoms with Gasteiger partial charge in [-0.25, -0.2) is 0 Å². The molecular formula is C26H25NO2. The fourth-order valence-electron chi connectivity index (χ4n) is 5.19. The third kappa shape index (κ3) is 2.96. The van der Waals surface area contributed by atoms with Gasteiger partial charge in [0.1, 0.15) is 6.29 Å². The topological polar surface area (TPSA) is 39.1 Å². The molecular weight excluding hydrogens is 358 g/mol. The van der Waals surface area contributed by atoms with Gasteiger partial charge in [-0.1, -0.05) is 55.7 Å². The highest BCUT2D eigenvalue weighted by Gasteiger charge is 2.28. The molecule has 0 N–H and O–H groups in total. The Morgan fingerprint density at radius 3 is 2.62 bits per heavy atom. The molecule has 0 bridgehead atoms. The first-order valence-corrected chi connectivity index (χ1v) is 10.6. The summed E-state index contributed by atoms with van der Waals surface area (Å²) in [7, 11) is 0. The Morgan fingerprint density at radius 1 is 1.07 bits per heavy atom. The Bertz CT molecular complexity index is 1160. The van der Waals surface area contributed by atoms with E-state index in [1.807, 2.05) is 24.3 Å². The number of ketones is 1. The van der Waals surface area contributed by atoms with Crippen LogP contribution in [0.3, 0.4) is 0 Å². The lowest BCUT2D eigenvalue weighted by Crippen LogP contribution is -2.07. The van der Waals surface area contributed by atoms with Crippen LogP contribution in [0.4, 0.5) is 0 Å². The summed E-state index contributed by atoms with van der Waals surface area (Å²) in [6.07, 6.45) is 9.23. The van der Waals surface area contributed by atoms with E-state index < -0.39 is 0 Å². The molecule has 0 saturated heterocycles. The fourth-order valence-corrected chi connectivity index (χ4v) is 5.19. The summed E-state index contributed by atoms with van der Waals surface area (Å²) in [5.74, 6) is 0.596. The zero-order valence-corrected chi connectivity index (χ0v) is 16.8. The number of aromatic nitrogens is 1. The molecule has 3 aromatic rings. The molecule has 3 heteroatoms. The first-order chi connectivity index (χ1) is 14.2. The van der Waals surface area contributed by atoms with Crippen molar-refractivity contribution >= 4 is 29.0 Å². The summed E-state index contributed by atoms with van der Waals surface area (Å²) in [6.45, 7) is 2.15. The molecule has 0 amide bonds. The van der Waals surface area contributed by atoms with Crippen molar-refractivity contribution in [2.75, 3.05) is 0 Å². The molecule has 0 radical (unpaired) electrons. The number of Topliss-reactive ketones (excluding diaryl/α,β-unsaturated/α-hetero) is 1. The molecule has 0 unspecified atom stereocenters. The van der Waals surface area contributed by atoms with Crippen molar-refractivity contribution in [2.45, 2.75) is 51.5 Å². The van der Waals surface area contributed by atoms with E-state index in [1.54, 1.807) is 6.92 Å². The fraction of sp³-hybridized carbons (Fsp3) is 0.308. The van der Waals surface area contributed by atoms with E-state index in [1.165, 1.54) is 54.3 Å². The number of carbonyl (C=O) groups excluding carboxylic acids is 2. The summed E-state index contributed by atoms with van der Waals surface area (Å²) in [5, 5.41) is 1.24. The van der Waals surface area contributed by atoms with Gasteiger partial charge in [-0.2, -0.15) is 0 Å². The lowest BCUT2D eigenvalue weighted by Gasteiger charge is -2.24. The highest BCUT2D eigenvalue weighted by molar-refractivity contribution is 6.02. The number of carbonyl (C=O) groups is 2. The maximum absolute atomic E-state index is 12.1. The van der Waals surface area contributed by atoms with Crippen LogP contribution < -0.4 is 0 Å². The van der Waals surface area contributed by atoms with Crippen LogP contribution >= 0.6 is 0 Å². The standard InChI is InChI=1S/C26H25NO2/c1-17(29)20-11-12-23-24(14-20)27-15-18(16-28)13-21-9-5-6-10-22(21)26(27)25(23)19-7-3-2-4-8-19/h5-6,9-14,16,19H,2-4,7-8,15H2,1H3. The van der Waals surface area contributed by atoms with Crippen LogP contribution in [0.25, 0.3) is 28.2 Å². The molecule has 1 aliphatic carbocycles. The number of fused-ring (bicyclic) bond motifs is 5. The summed E-state index contributed by atoms with van der Waals surface area (Å²) in [4.78, 5) is 23.9. The van der Waals surface area contributed by atoms with Gasteiger partial charge in [0.25, 0.3) is 0 Å². The van der Waals surface area contributed by atoms with Crippen molar-refractivity contribution in [1.82, 2.24) is 4.57 Å². The van der Waals surface area contributed by atoms with Gasteiger partial charge < -0.3 is 4.57 Å². The Labute approximate surface area is 171 Å². The minimum absolute atomic E-state index is 0.0711. The summed E-state index contributed by atoms with van der Waals surface area (Å²) < 4.78 is 2.28. The van der Waals surface area contributed by atoms with E-state index in [-0.39, 0.29) is 5.78 Å². The summed E-state index contributed by atoms with van der Waals surface area (Å²) in [5.41, 5.74) is 7.47. The highest BCUT2D eigenvalue weighted by atomic mass is 16.1. The molecule has 0 atom stereocenters. The van der Waals surface area contributed by atoms with Crippen molar-refractivity contribution in [3.63, 3.8) is 0 Å². The van der Waals surface area contributed by atoms with Crippen molar-refractivity contribution in [1.29, 1.82) is 0 Å². The van der Waals surface area contributed by atoms with Gasteiger partial charge in [0.05, 0.1) is 12.2 Å². The minimum atomic E-state index is 0.0711. The Kier molecular flexibility index (Phi) is 4.46. The Morgan fingerprint density at radius 2 is 1.86 bits per heavy atom. The normalized spacial score (nSPS) is 16.7. The highest BCUT2D eigenvalue weighted by Crippen LogP contribution is 2.46. The first kappa shape index (κ1) is 18.1. The third-order valence-corrected chi connectivity index (χ3v) is 6.57. The maximum atomic E-state index is 12.1. The molecule has 0 spiro atoms. The molecule has 146 valence electrons.